The van der Waals surface area contributed by atoms with Crippen LogP contribution in [0, 0.1) is 6.92 Å². The summed E-state index contributed by atoms with van der Waals surface area (Å²) in [7, 11) is -9.41. The fourth-order valence-corrected chi connectivity index (χ4v) is 5.27. The van der Waals surface area contributed by atoms with E-state index in [-0.39, 0.29) is 51.2 Å². The molecule has 0 unspecified atom stereocenters. The smallest absolute Gasteiger partial charge is 0.294 e. The predicted octanol–water partition coefficient (Wildman–Crippen LogP) is 5.89. The average molecular weight is 738 g/mol. The number of carbonyl (C=O) groups is 1. The van der Waals surface area contributed by atoms with Crippen LogP contribution in [0.25, 0.3) is 0 Å². The van der Waals surface area contributed by atoms with E-state index in [2.05, 4.69) is 46.3 Å². The number of halogens is 1. The van der Waals surface area contributed by atoms with E-state index in [4.69, 9.17) is 11.6 Å². The van der Waals surface area contributed by atoms with E-state index in [0.29, 0.717) is 12.0 Å². The van der Waals surface area contributed by atoms with Gasteiger partial charge in [-0.2, -0.15) is 36.9 Å². The van der Waals surface area contributed by atoms with Crippen molar-refractivity contribution in [1.29, 1.82) is 0 Å². The lowest BCUT2D eigenvalue weighted by molar-refractivity contribution is 0.112. The first-order valence-electron chi connectivity index (χ1n) is 13.9. The van der Waals surface area contributed by atoms with Gasteiger partial charge < -0.3 is 15.7 Å². The summed E-state index contributed by atoms with van der Waals surface area (Å²) < 4.78 is 66.8. The van der Waals surface area contributed by atoms with Gasteiger partial charge in [-0.05, 0) is 79.2 Å². The maximum absolute atomic E-state index is 12.2. The number of amidine groups is 1. The molecule has 17 nitrogen and oxygen atoms in total. The van der Waals surface area contributed by atoms with Crippen molar-refractivity contribution < 1.29 is 35.8 Å². The number of benzene rings is 4. The summed E-state index contributed by atoms with van der Waals surface area (Å²) in [5, 5.41) is 28.7. The topological polar surface area (TPSA) is 258 Å². The van der Waals surface area contributed by atoms with E-state index in [1.54, 1.807) is 24.3 Å². The molecule has 1 heterocycles. The first-order valence-corrected chi connectivity index (χ1v) is 17.2. The van der Waals surface area contributed by atoms with Crippen molar-refractivity contribution in [3.05, 3.63) is 107 Å². The van der Waals surface area contributed by atoms with Crippen molar-refractivity contribution in [2.75, 3.05) is 16.1 Å². The molecule has 20 heteroatoms. The second-order valence-corrected chi connectivity index (χ2v) is 13.3. The van der Waals surface area contributed by atoms with E-state index in [1.807, 2.05) is 19.1 Å². The number of phenols is 1. The summed E-state index contributed by atoms with van der Waals surface area (Å²) in [6.45, 7) is 1.91. The molecule has 0 atom stereocenters. The van der Waals surface area contributed by atoms with Gasteiger partial charge in [0.05, 0.1) is 21.2 Å². The molecule has 5 aromatic rings. The van der Waals surface area contributed by atoms with Crippen LogP contribution in [0.2, 0.25) is 5.28 Å². The summed E-state index contributed by atoms with van der Waals surface area (Å²) in [4.78, 5) is 22.5. The molecule has 50 heavy (non-hydrogen) atoms. The van der Waals surface area contributed by atoms with E-state index in [0.717, 1.165) is 29.8 Å². The zero-order chi connectivity index (χ0) is 36.1. The Hall–Kier alpha value is -5.86. The Labute approximate surface area is 289 Å². The molecule has 4 aromatic carbocycles. The standard InChI is InChI=1S/C30H24ClN9O8S2/c1-17-6-10-20(11-7-17)32-29-34-28(31)35-30(36-29)33-24-14-22(50(46,47)48)15-25(26(24)42)38-40-27(18-8-12-21(13-9-18)49(43,44)45)39-37-23-5-3-2-4-19(23)16-41/h2-16,38,42H,1H3,(H,43,44,45)(H,46,47,48)(H2,32,33,34,35,36). The van der Waals surface area contributed by atoms with Crippen molar-refractivity contribution in [3.63, 3.8) is 0 Å². The normalized spacial score (nSPS) is 12.1. The number of nitrogens with zero attached hydrogens (tertiary/aromatic N) is 6. The quantitative estimate of drug-likeness (QED) is 0.0176. The maximum atomic E-state index is 12.2. The van der Waals surface area contributed by atoms with Gasteiger partial charge in [-0.1, -0.05) is 29.8 Å². The zero-order valence-corrected chi connectivity index (χ0v) is 27.8. The summed E-state index contributed by atoms with van der Waals surface area (Å²) in [5.41, 5.74) is 3.88. The third-order valence-electron chi connectivity index (χ3n) is 6.55. The molecule has 0 aliphatic rings. The molecule has 0 aliphatic heterocycles. The molecule has 0 radical (unpaired) electrons. The largest absolute Gasteiger partial charge is 0.504 e. The first kappa shape index (κ1) is 35.4. The minimum absolute atomic E-state index is 0.0101. The Bertz CT molecular complexity index is 2360. The number of nitrogens with one attached hydrogen (secondary N) is 3. The highest BCUT2D eigenvalue weighted by Gasteiger charge is 2.19. The van der Waals surface area contributed by atoms with Crippen LogP contribution >= 0.6 is 11.6 Å². The molecule has 1 aromatic heterocycles. The van der Waals surface area contributed by atoms with Gasteiger partial charge in [-0.3, -0.25) is 19.3 Å². The van der Waals surface area contributed by atoms with Crippen molar-refractivity contribution in [2.45, 2.75) is 16.7 Å². The number of carbonyl (C=O) groups excluding carboxylic acids is 1. The lowest BCUT2D eigenvalue weighted by Gasteiger charge is -2.14. The third kappa shape index (κ3) is 8.98. The van der Waals surface area contributed by atoms with Gasteiger partial charge in [-0.15, -0.1) is 10.2 Å². The van der Waals surface area contributed by atoms with Crippen LogP contribution < -0.4 is 16.1 Å². The van der Waals surface area contributed by atoms with E-state index in [1.165, 1.54) is 24.3 Å². The van der Waals surface area contributed by atoms with Gasteiger partial charge in [0.1, 0.15) is 5.69 Å². The molecular weight excluding hydrogens is 714 g/mol. The molecule has 0 amide bonds. The number of phenolic OH excluding ortho intramolecular Hbond substituents is 1. The Kier molecular flexibility index (Phi) is 10.4. The second kappa shape index (κ2) is 14.7. The van der Waals surface area contributed by atoms with Crippen LogP contribution in [0.15, 0.2) is 110 Å². The van der Waals surface area contributed by atoms with Gasteiger partial charge in [0, 0.05) is 16.8 Å². The lowest BCUT2D eigenvalue weighted by Crippen LogP contribution is -2.07. The maximum Gasteiger partial charge on any atom is 0.294 e. The molecule has 0 bridgehead atoms. The Morgan fingerprint density at radius 3 is 2.06 bits per heavy atom. The SMILES string of the molecule is Cc1ccc(Nc2nc(Cl)nc(Nc3cc(S(=O)(=O)O)cc(NN=C(N=Nc4ccccc4C=O)c4ccc(S(=O)(=O)O)cc4)c3O)n2)cc1. The molecule has 5 rings (SSSR count). The van der Waals surface area contributed by atoms with Gasteiger partial charge in [0.15, 0.2) is 12.0 Å². The van der Waals surface area contributed by atoms with E-state index in [9.17, 15) is 35.8 Å². The van der Waals surface area contributed by atoms with Crippen LogP contribution in [-0.4, -0.2) is 58.1 Å². The van der Waals surface area contributed by atoms with Crippen molar-refractivity contribution in [1.82, 2.24) is 15.0 Å². The average Bonchev–Trinajstić information content (AvgIpc) is 3.06. The summed E-state index contributed by atoms with van der Waals surface area (Å²) >= 11 is 6.10. The number of hydrogen-bond acceptors (Lipinski definition) is 14. The van der Waals surface area contributed by atoms with Crippen LogP contribution in [0.3, 0.4) is 0 Å². The van der Waals surface area contributed by atoms with Gasteiger partial charge >= 0.3 is 0 Å². The van der Waals surface area contributed by atoms with E-state index < -0.39 is 35.8 Å². The Morgan fingerprint density at radius 2 is 1.42 bits per heavy atom. The number of rotatable bonds is 11. The summed E-state index contributed by atoms with van der Waals surface area (Å²) in [6, 6.07) is 19.8. The third-order valence-corrected chi connectivity index (χ3v) is 8.42. The van der Waals surface area contributed by atoms with Crippen LogP contribution in [0.4, 0.5) is 34.6 Å². The number of hydrazone groups is 1. The van der Waals surface area contributed by atoms with Crippen LogP contribution in [0.5, 0.6) is 5.75 Å². The second-order valence-electron chi connectivity index (χ2n) is 10.1. The lowest BCUT2D eigenvalue weighted by atomic mass is 10.2. The number of aryl methyl sites for hydroxylation is 1. The van der Waals surface area contributed by atoms with Gasteiger partial charge in [-0.25, -0.2) is 0 Å². The number of aromatic nitrogens is 3. The van der Waals surface area contributed by atoms with Gasteiger partial charge in [0.2, 0.25) is 23.0 Å². The highest BCUT2D eigenvalue weighted by Crippen LogP contribution is 2.37. The number of hydrogen-bond donors (Lipinski definition) is 6. The highest BCUT2D eigenvalue weighted by atomic mass is 35.5. The minimum Gasteiger partial charge on any atom is -0.504 e. The highest BCUT2D eigenvalue weighted by molar-refractivity contribution is 7.86. The Morgan fingerprint density at radius 1 is 0.800 bits per heavy atom. The van der Waals surface area contributed by atoms with Crippen molar-refractivity contribution in [3.8, 4) is 5.75 Å². The number of aromatic hydroxyl groups is 1. The molecule has 256 valence electrons. The molecule has 6 N–H and O–H groups in total. The first-order chi connectivity index (χ1) is 23.7. The van der Waals surface area contributed by atoms with Crippen molar-refractivity contribution in [2.24, 2.45) is 15.3 Å². The minimum atomic E-state index is -4.87. The van der Waals surface area contributed by atoms with Gasteiger partial charge in [0.25, 0.3) is 20.2 Å². The monoisotopic (exact) mass is 737 g/mol. The molecule has 0 aliphatic carbocycles. The molecule has 0 fully saturated rings. The Balaban J connectivity index is 1.54. The number of azo groups is 1. The molecule has 0 spiro atoms. The molecule has 0 saturated heterocycles. The van der Waals surface area contributed by atoms with Crippen molar-refractivity contribution >= 4 is 78.6 Å². The summed E-state index contributed by atoms with van der Waals surface area (Å²) in [5.74, 6) is -1.10. The predicted molar refractivity (Wildman–Crippen MR) is 183 cm³/mol. The fourth-order valence-electron chi connectivity index (χ4n) is 4.10. The zero-order valence-electron chi connectivity index (χ0n) is 25.4. The summed E-state index contributed by atoms with van der Waals surface area (Å²) in [6.07, 6.45) is 0.554. The number of anilines is 5. The molecular formula is C30H24ClN9O8S2. The van der Waals surface area contributed by atoms with Crippen LogP contribution in [0.1, 0.15) is 21.5 Å². The van der Waals surface area contributed by atoms with E-state index >= 15 is 0 Å². The van der Waals surface area contributed by atoms with Crippen LogP contribution in [-0.2, 0) is 20.2 Å². The fraction of sp³-hybridized carbons (Fsp3) is 0.0333. The number of aldehydes is 1. The molecule has 0 saturated carbocycles.